The summed E-state index contributed by atoms with van der Waals surface area (Å²) in [6.45, 7) is 1.46. The highest BCUT2D eigenvalue weighted by Gasteiger charge is 2.43. The number of aryl methyl sites for hydroxylation is 1. The van der Waals surface area contributed by atoms with E-state index >= 15 is 0 Å². The van der Waals surface area contributed by atoms with Crippen LogP contribution in [-0.4, -0.2) is 6.29 Å². The fraction of sp³-hybridized carbons (Fsp3) is 0.143. The smallest absolute Gasteiger partial charge is 0.395 e. The Morgan fingerprint density at radius 2 is 1.48 bits per heavy atom. The van der Waals surface area contributed by atoms with Crippen LogP contribution in [0.25, 0.3) is 11.1 Å². The van der Waals surface area contributed by atoms with E-state index in [9.17, 15) is 22.0 Å². The van der Waals surface area contributed by atoms with Gasteiger partial charge in [0.05, 0.1) is 0 Å². The van der Waals surface area contributed by atoms with Crippen LogP contribution in [0.15, 0.2) is 48.5 Å². The van der Waals surface area contributed by atoms with Crippen LogP contribution in [0.3, 0.4) is 0 Å². The molecule has 4 rings (SSSR count). The van der Waals surface area contributed by atoms with Crippen LogP contribution in [0.4, 0.5) is 27.6 Å². The lowest BCUT2D eigenvalue weighted by Gasteiger charge is -2.12. The fourth-order valence-corrected chi connectivity index (χ4v) is 3.12. The van der Waals surface area contributed by atoms with Crippen molar-refractivity contribution in [3.8, 4) is 22.6 Å². The first-order chi connectivity index (χ1) is 13.7. The number of anilines is 1. The number of rotatable bonds is 4. The van der Waals surface area contributed by atoms with E-state index in [-0.39, 0.29) is 29.2 Å². The first-order valence-electron chi connectivity index (χ1n) is 8.61. The summed E-state index contributed by atoms with van der Waals surface area (Å²) in [6, 6.07) is 10.3. The Balaban J connectivity index is 1.59. The Morgan fingerprint density at radius 3 is 2.14 bits per heavy atom. The highest BCUT2D eigenvalue weighted by atomic mass is 19.3. The van der Waals surface area contributed by atoms with E-state index in [0.717, 1.165) is 18.2 Å². The van der Waals surface area contributed by atoms with E-state index in [2.05, 4.69) is 14.8 Å². The predicted molar refractivity (Wildman–Crippen MR) is 96.5 cm³/mol. The molecule has 1 N–H and O–H groups in total. The van der Waals surface area contributed by atoms with E-state index in [0.29, 0.717) is 16.8 Å². The summed E-state index contributed by atoms with van der Waals surface area (Å²) in [5.74, 6) is -2.36. The van der Waals surface area contributed by atoms with E-state index < -0.39 is 23.7 Å². The summed E-state index contributed by atoms with van der Waals surface area (Å²) < 4.78 is 77.4. The molecule has 0 atom stereocenters. The molecule has 1 aliphatic rings. The number of ether oxygens (including phenoxy) is 2. The maximum absolute atomic E-state index is 14.7. The van der Waals surface area contributed by atoms with Crippen molar-refractivity contribution < 1.29 is 31.4 Å². The summed E-state index contributed by atoms with van der Waals surface area (Å²) in [5, 5.41) is 2.77. The van der Waals surface area contributed by atoms with E-state index in [1.54, 1.807) is 6.92 Å². The van der Waals surface area contributed by atoms with Crippen LogP contribution in [0.1, 0.15) is 11.1 Å². The lowest BCUT2D eigenvalue weighted by molar-refractivity contribution is -0.286. The molecule has 0 aromatic heterocycles. The third-order valence-corrected chi connectivity index (χ3v) is 4.54. The predicted octanol–water partition coefficient (Wildman–Crippen LogP) is 6.01. The molecule has 0 radical (unpaired) electrons. The standard InChI is InChI=1S/C21H14F5NO2/c1-11-7-19-20(29-21(25,26)28-19)9-14(11)13-6-5-12(8-18(13)24)27-10-15-16(22)3-2-4-17(15)23/h2-9,27H,10H2,1H3. The summed E-state index contributed by atoms with van der Waals surface area (Å²) >= 11 is 0. The van der Waals surface area contributed by atoms with Crippen LogP contribution in [-0.2, 0) is 6.54 Å². The van der Waals surface area contributed by atoms with Crippen LogP contribution in [0.2, 0.25) is 0 Å². The number of nitrogens with one attached hydrogen (secondary N) is 1. The Morgan fingerprint density at radius 1 is 0.828 bits per heavy atom. The lowest BCUT2D eigenvalue weighted by Crippen LogP contribution is -2.25. The molecule has 0 fully saturated rings. The maximum Gasteiger partial charge on any atom is 0.586 e. The zero-order valence-electron chi connectivity index (χ0n) is 15.0. The normalized spacial score (nSPS) is 14.1. The first-order valence-corrected chi connectivity index (χ1v) is 8.61. The molecule has 0 saturated heterocycles. The van der Waals surface area contributed by atoms with Crippen LogP contribution in [0, 0.1) is 24.4 Å². The molecule has 150 valence electrons. The molecule has 1 aliphatic heterocycles. The van der Waals surface area contributed by atoms with Gasteiger partial charge in [0, 0.05) is 23.4 Å². The van der Waals surface area contributed by atoms with Gasteiger partial charge in [-0.1, -0.05) is 6.07 Å². The molecule has 3 aromatic rings. The number of hydrogen-bond donors (Lipinski definition) is 1. The van der Waals surface area contributed by atoms with Crippen molar-refractivity contribution in [2.45, 2.75) is 19.8 Å². The van der Waals surface area contributed by atoms with E-state index in [4.69, 9.17) is 0 Å². The lowest BCUT2D eigenvalue weighted by atomic mass is 9.99. The van der Waals surface area contributed by atoms with Crippen LogP contribution >= 0.6 is 0 Å². The van der Waals surface area contributed by atoms with Gasteiger partial charge in [-0.25, -0.2) is 13.2 Å². The molecular weight excluding hydrogens is 393 g/mol. The molecule has 0 amide bonds. The second-order valence-corrected chi connectivity index (χ2v) is 6.53. The largest absolute Gasteiger partial charge is 0.586 e. The number of benzene rings is 3. The Bertz CT molecular complexity index is 1080. The average molecular weight is 407 g/mol. The minimum absolute atomic E-state index is 0.123. The van der Waals surface area contributed by atoms with Crippen molar-refractivity contribution >= 4 is 5.69 Å². The molecule has 0 saturated carbocycles. The number of fused-ring (bicyclic) bond motifs is 1. The summed E-state index contributed by atoms with van der Waals surface area (Å²) in [4.78, 5) is 0. The SMILES string of the molecule is Cc1cc2c(cc1-c1ccc(NCc3c(F)cccc3F)cc1F)OC(F)(F)O2. The second kappa shape index (κ2) is 6.95. The van der Waals surface area contributed by atoms with Gasteiger partial charge in [-0.05, 0) is 60.5 Å². The van der Waals surface area contributed by atoms with Crippen molar-refractivity contribution in [1.82, 2.24) is 0 Å². The molecule has 3 aromatic carbocycles. The van der Waals surface area contributed by atoms with Gasteiger partial charge >= 0.3 is 6.29 Å². The molecule has 1 heterocycles. The van der Waals surface area contributed by atoms with Gasteiger partial charge in [0.15, 0.2) is 11.5 Å². The van der Waals surface area contributed by atoms with Crippen molar-refractivity contribution in [1.29, 1.82) is 0 Å². The third-order valence-electron chi connectivity index (χ3n) is 4.54. The van der Waals surface area contributed by atoms with Crippen molar-refractivity contribution in [3.05, 3.63) is 77.1 Å². The monoisotopic (exact) mass is 407 g/mol. The molecule has 0 bridgehead atoms. The van der Waals surface area contributed by atoms with Gasteiger partial charge in [0.1, 0.15) is 17.5 Å². The summed E-state index contributed by atoms with van der Waals surface area (Å²) in [5.41, 5.74) is 1.17. The van der Waals surface area contributed by atoms with E-state index in [1.165, 1.54) is 30.3 Å². The van der Waals surface area contributed by atoms with E-state index in [1.807, 2.05) is 0 Å². The zero-order chi connectivity index (χ0) is 20.8. The first kappa shape index (κ1) is 19.0. The molecule has 8 heteroatoms. The van der Waals surface area contributed by atoms with Gasteiger partial charge in [-0.3, -0.25) is 0 Å². The molecular formula is C21H14F5NO2. The van der Waals surface area contributed by atoms with Crippen LogP contribution < -0.4 is 14.8 Å². The highest BCUT2D eigenvalue weighted by molar-refractivity contribution is 5.73. The Labute approximate surface area is 162 Å². The maximum atomic E-state index is 14.7. The number of halogens is 5. The summed E-state index contributed by atoms with van der Waals surface area (Å²) in [7, 11) is 0. The fourth-order valence-electron chi connectivity index (χ4n) is 3.12. The quantitative estimate of drug-likeness (QED) is 0.537. The number of alkyl halides is 2. The van der Waals surface area contributed by atoms with Crippen molar-refractivity contribution in [2.75, 3.05) is 5.32 Å². The second-order valence-electron chi connectivity index (χ2n) is 6.53. The van der Waals surface area contributed by atoms with Gasteiger partial charge in [-0.2, -0.15) is 0 Å². The Kier molecular flexibility index (Phi) is 4.56. The minimum atomic E-state index is -3.76. The molecule has 0 unspecified atom stereocenters. The highest BCUT2D eigenvalue weighted by Crippen LogP contribution is 2.45. The summed E-state index contributed by atoms with van der Waals surface area (Å²) in [6.07, 6.45) is -3.76. The minimum Gasteiger partial charge on any atom is -0.395 e. The van der Waals surface area contributed by atoms with Gasteiger partial charge in [0.2, 0.25) is 0 Å². The zero-order valence-corrected chi connectivity index (χ0v) is 15.0. The van der Waals surface area contributed by atoms with Crippen molar-refractivity contribution in [2.24, 2.45) is 0 Å². The Hall–Kier alpha value is -3.29. The van der Waals surface area contributed by atoms with Gasteiger partial charge in [-0.15, -0.1) is 8.78 Å². The third kappa shape index (κ3) is 3.70. The van der Waals surface area contributed by atoms with Crippen LogP contribution in [0.5, 0.6) is 11.5 Å². The van der Waals surface area contributed by atoms with Gasteiger partial charge < -0.3 is 14.8 Å². The van der Waals surface area contributed by atoms with Gasteiger partial charge in [0.25, 0.3) is 0 Å². The molecule has 0 aliphatic carbocycles. The molecule has 29 heavy (non-hydrogen) atoms. The molecule has 3 nitrogen and oxygen atoms in total. The molecule has 0 spiro atoms. The average Bonchev–Trinajstić information content (AvgIpc) is 2.94. The number of hydrogen-bond acceptors (Lipinski definition) is 3. The topological polar surface area (TPSA) is 30.5 Å². The van der Waals surface area contributed by atoms with Crippen molar-refractivity contribution in [3.63, 3.8) is 0 Å².